The summed E-state index contributed by atoms with van der Waals surface area (Å²) in [6.45, 7) is 5.20. The van der Waals surface area contributed by atoms with Crippen molar-refractivity contribution < 1.29 is 23.8 Å². The van der Waals surface area contributed by atoms with Gasteiger partial charge in [-0.05, 0) is 30.7 Å². The molecule has 1 fully saturated rings. The van der Waals surface area contributed by atoms with E-state index in [4.69, 9.17) is 19.9 Å². The molecule has 0 radical (unpaired) electrons. The topological polar surface area (TPSA) is 134 Å². The monoisotopic (exact) mass is 532 g/mol. The molecule has 39 heavy (non-hydrogen) atoms. The highest BCUT2D eigenvalue weighted by Crippen LogP contribution is 2.28. The quantitative estimate of drug-likeness (QED) is 0.407. The van der Waals surface area contributed by atoms with Crippen LogP contribution in [0.3, 0.4) is 0 Å². The molecule has 3 N–H and O–H groups in total. The molecule has 1 unspecified atom stereocenters. The third-order valence-corrected chi connectivity index (χ3v) is 6.89. The number of carbonyl (C=O) groups is 2. The summed E-state index contributed by atoms with van der Waals surface area (Å²) in [5.74, 6) is -2.67. The molecule has 0 bridgehead atoms. The van der Waals surface area contributed by atoms with Crippen LogP contribution in [-0.2, 0) is 19.0 Å². The number of pyridine rings is 1. The predicted octanol–water partition coefficient (Wildman–Crippen LogP) is 2.76. The Morgan fingerprint density at radius 3 is 2.54 bits per heavy atom. The lowest BCUT2D eigenvalue weighted by Gasteiger charge is -2.33. The van der Waals surface area contributed by atoms with E-state index in [0.717, 1.165) is 56.1 Å². The minimum atomic E-state index is -1.80. The number of aromatic nitrogens is 3. The summed E-state index contributed by atoms with van der Waals surface area (Å²) in [6, 6.07) is 10.7. The van der Waals surface area contributed by atoms with E-state index in [1.165, 1.54) is 12.5 Å². The van der Waals surface area contributed by atoms with Gasteiger partial charge in [0.15, 0.2) is 5.82 Å². The lowest BCUT2D eigenvalue weighted by atomic mass is 9.99. The molecule has 5 rings (SSSR count). The molecule has 4 heterocycles. The van der Waals surface area contributed by atoms with Gasteiger partial charge in [0, 0.05) is 36.7 Å². The normalized spacial score (nSPS) is 16.8. The van der Waals surface area contributed by atoms with E-state index in [9.17, 15) is 9.59 Å². The summed E-state index contributed by atoms with van der Waals surface area (Å²) in [5, 5.41) is 2.90. The highest BCUT2D eigenvalue weighted by atomic mass is 16.7. The Hall–Kier alpha value is -4.38. The summed E-state index contributed by atoms with van der Waals surface area (Å²) in [4.78, 5) is 37.1. The van der Waals surface area contributed by atoms with Crippen LogP contribution < -0.4 is 16.0 Å². The third-order valence-electron chi connectivity index (χ3n) is 6.89. The first-order valence-corrected chi connectivity index (χ1v) is 13.1. The van der Waals surface area contributed by atoms with Crippen molar-refractivity contribution in [3.8, 4) is 17.1 Å². The van der Waals surface area contributed by atoms with Gasteiger partial charge in [0.25, 0.3) is 5.91 Å². The average Bonchev–Trinajstić information content (AvgIpc) is 3.67. The number of primary amides is 1. The van der Waals surface area contributed by atoms with Crippen LogP contribution in [-0.4, -0.2) is 64.5 Å². The number of nitrogens with zero attached hydrogens (tertiary/aromatic N) is 4. The van der Waals surface area contributed by atoms with Crippen LogP contribution in [0.15, 0.2) is 67.6 Å². The molecule has 2 aromatic heterocycles. The standard InChI is InChI=1S/C28H32N6O5/c1-2-3-6-24(28(27(29)36)38-16-17-39-28)32-26(35)22-5-4-11-30-25(22)34-18-23(31-19-34)20-7-9-21(10-8-20)33-12-14-37-15-13-33/h4-5,7-11,16-19,24H,2-3,6,12-15H2,1H3,(H2,29,36)(H,32,35). The highest BCUT2D eigenvalue weighted by Gasteiger charge is 2.51. The summed E-state index contributed by atoms with van der Waals surface area (Å²) in [6.07, 6.45) is 9.57. The number of ether oxygens (including phenoxy) is 3. The largest absolute Gasteiger partial charge is 0.447 e. The smallest absolute Gasteiger partial charge is 0.351 e. The van der Waals surface area contributed by atoms with Crippen molar-refractivity contribution in [2.45, 2.75) is 38.0 Å². The number of hydrogen-bond acceptors (Lipinski definition) is 8. The number of amides is 2. The molecule has 11 nitrogen and oxygen atoms in total. The number of nitrogens with two attached hydrogens (primary N) is 1. The Balaban J connectivity index is 1.36. The minimum Gasteiger partial charge on any atom is -0.447 e. The van der Waals surface area contributed by atoms with Crippen LogP contribution in [0.25, 0.3) is 17.1 Å². The molecule has 204 valence electrons. The maximum absolute atomic E-state index is 13.5. The fourth-order valence-corrected chi connectivity index (χ4v) is 4.77. The molecule has 1 atom stereocenters. The second-order valence-corrected chi connectivity index (χ2v) is 9.39. The first-order chi connectivity index (χ1) is 19.0. The first kappa shape index (κ1) is 26.2. The van der Waals surface area contributed by atoms with Gasteiger partial charge in [-0.25, -0.2) is 9.97 Å². The fraction of sp³-hybridized carbons (Fsp3) is 0.357. The zero-order valence-corrected chi connectivity index (χ0v) is 21.8. The number of hydrogen-bond donors (Lipinski definition) is 2. The van der Waals surface area contributed by atoms with Gasteiger partial charge in [0.1, 0.15) is 24.9 Å². The number of anilines is 1. The second kappa shape index (κ2) is 11.6. The molecule has 2 amide bonds. The molecule has 2 aliphatic heterocycles. The fourth-order valence-electron chi connectivity index (χ4n) is 4.77. The lowest BCUT2D eigenvalue weighted by molar-refractivity contribution is -0.182. The number of carbonyl (C=O) groups excluding carboxylic acids is 2. The van der Waals surface area contributed by atoms with Gasteiger partial charge in [-0.3, -0.25) is 14.2 Å². The van der Waals surface area contributed by atoms with Crippen LogP contribution in [0, 0.1) is 0 Å². The molecule has 3 aromatic rings. The van der Waals surface area contributed by atoms with E-state index in [0.29, 0.717) is 17.8 Å². The molecule has 11 heteroatoms. The molecule has 0 spiro atoms. The van der Waals surface area contributed by atoms with Crippen molar-refractivity contribution in [1.29, 1.82) is 0 Å². The third kappa shape index (κ3) is 5.44. The van der Waals surface area contributed by atoms with Crippen molar-refractivity contribution in [2.75, 3.05) is 31.2 Å². The predicted molar refractivity (Wildman–Crippen MR) is 144 cm³/mol. The number of morpholine rings is 1. The van der Waals surface area contributed by atoms with Crippen molar-refractivity contribution in [1.82, 2.24) is 19.9 Å². The van der Waals surface area contributed by atoms with Crippen LogP contribution in [0.2, 0.25) is 0 Å². The molecular formula is C28H32N6O5. The van der Waals surface area contributed by atoms with E-state index < -0.39 is 23.6 Å². The lowest BCUT2D eigenvalue weighted by Crippen LogP contribution is -2.60. The Bertz CT molecular complexity index is 1320. The summed E-state index contributed by atoms with van der Waals surface area (Å²) < 4.78 is 18.1. The van der Waals surface area contributed by atoms with Gasteiger partial charge in [0.2, 0.25) is 0 Å². The van der Waals surface area contributed by atoms with E-state index in [1.807, 2.05) is 25.3 Å². The molecule has 0 saturated carbocycles. The van der Waals surface area contributed by atoms with Crippen LogP contribution in [0.1, 0.15) is 36.5 Å². The van der Waals surface area contributed by atoms with Gasteiger partial charge >= 0.3 is 11.7 Å². The SMILES string of the molecule is CCCCC(NC(=O)c1cccnc1-n1cnc(-c2ccc(N3CCOCC3)cc2)c1)C1(C(N)=O)OC=CO1. The Morgan fingerprint density at radius 2 is 1.85 bits per heavy atom. The summed E-state index contributed by atoms with van der Waals surface area (Å²) in [5.41, 5.74) is 8.77. The number of nitrogens with one attached hydrogen (secondary N) is 1. The summed E-state index contributed by atoms with van der Waals surface area (Å²) in [7, 11) is 0. The first-order valence-electron chi connectivity index (χ1n) is 13.1. The molecular weight excluding hydrogens is 500 g/mol. The van der Waals surface area contributed by atoms with Gasteiger partial charge in [-0.2, -0.15) is 0 Å². The van der Waals surface area contributed by atoms with Crippen molar-refractivity contribution in [2.24, 2.45) is 5.73 Å². The van der Waals surface area contributed by atoms with Crippen molar-refractivity contribution in [3.63, 3.8) is 0 Å². The van der Waals surface area contributed by atoms with Gasteiger partial charge < -0.3 is 30.2 Å². The maximum Gasteiger partial charge on any atom is 0.351 e. The summed E-state index contributed by atoms with van der Waals surface area (Å²) >= 11 is 0. The van der Waals surface area contributed by atoms with Crippen LogP contribution >= 0.6 is 0 Å². The van der Waals surface area contributed by atoms with E-state index in [1.54, 1.807) is 29.2 Å². The maximum atomic E-state index is 13.5. The molecule has 0 aliphatic carbocycles. The van der Waals surface area contributed by atoms with Gasteiger partial charge in [-0.15, -0.1) is 0 Å². The van der Waals surface area contributed by atoms with Gasteiger partial charge in [-0.1, -0.05) is 31.9 Å². The molecule has 1 saturated heterocycles. The van der Waals surface area contributed by atoms with E-state index >= 15 is 0 Å². The highest BCUT2D eigenvalue weighted by molar-refractivity contribution is 5.98. The Labute approximate surface area is 226 Å². The Kier molecular flexibility index (Phi) is 7.78. The number of imidazole rings is 1. The number of benzene rings is 1. The number of unbranched alkanes of at least 4 members (excludes halogenated alkanes) is 1. The molecule has 1 aromatic carbocycles. The minimum absolute atomic E-state index is 0.302. The average molecular weight is 533 g/mol. The van der Waals surface area contributed by atoms with E-state index in [2.05, 4.69) is 32.3 Å². The zero-order valence-electron chi connectivity index (χ0n) is 21.8. The Morgan fingerprint density at radius 1 is 1.10 bits per heavy atom. The zero-order chi connectivity index (χ0) is 27.2. The van der Waals surface area contributed by atoms with E-state index in [-0.39, 0.29) is 0 Å². The molecule has 2 aliphatic rings. The van der Waals surface area contributed by atoms with Gasteiger partial charge in [0.05, 0.1) is 24.5 Å². The van der Waals surface area contributed by atoms with Crippen LogP contribution in [0.5, 0.6) is 0 Å². The number of rotatable bonds is 10. The second-order valence-electron chi connectivity index (χ2n) is 9.39. The van der Waals surface area contributed by atoms with Crippen molar-refractivity contribution >= 4 is 17.5 Å². The van der Waals surface area contributed by atoms with Crippen molar-refractivity contribution in [3.05, 3.63) is 73.2 Å². The van der Waals surface area contributed by atoms with Crippen LogP contribution in [0.4, 0.5) is 5.69 Å².